The van der Waals surface area contributed by atoms with Crippen LogP contribution >= 0.6 is 0 Å². The Labute approximate surface area is 110 Å². The molecule has 1 aliphatic heterocycles. The normalized spacial score (nSPS) is 17.9. The summed E-state index contributed by atoms with van der Waals surface area (Å²) in [7, 11) is 1.55. The lowest BCUT2D eigenvalue weighted by atomic mass is 10.0. The second-order valence-corrected chi connectivity index (χ2v) is 4.09. The fourth-order valence-electron chi connectivity index (χ4n) is 1.74. The molecular weight excluding hydrogens is 246 g/mol. The first-order valence-electron chi connectivity index (χ1n) is 5.83. The minimum absolute atomic E-state index is 0.161. The summed E-state index contributed by atoms with van der Waals surface area (Å²) in [5, 5.41) is 11.9. The molecule has 4 N–H and O–H groups in total. The van der Waals surface area contributed by atoms with Crippen LogP contribution in [0.1, 0.15) is 12.5 Å². The Morgan fingerprint density at radius 1 is 1.32 bits per heavy atom. The standard InChI is InChI=1S/C12H15N5O2/c1-7-10(16-17-12(19)14-7)8-3-5-9(6-4-8)15-11(18)13-2/h3-7H,1-2H3,(H2,13,15,18)(H2,14,17,19). The van der Waals surface area contributed by atoms with Crippen LogP contribution in [-0.4, -0.2) is 30.9 Å². The van der Waals surface area contributed by atoms with Crippen molar-refractivity contribution in [2.45, 2.75) is 13.0 Å². The first-order valence-corrected chi connectivity index (χ1v) is 5.83. The molecule has 4 amide bonds. The van der Waals surface area contributed by atoms with Gasteiger partial charge in [0, 0.05) is 18.3 Å². The molecule has 2 rings (SSSR count). The molecule has 1 aromatic rings. The summed E-state index contributed by atoms with van der Waals surface area (Å²) in [5.41, 5.74) is 4.68. The minimum atomic E-state index is -0.311. The zero-order chi connectivity index (χ0) is 13.8. The van der Waals surface area contributed by atoms with Crippen LogP contribution in [0.2, 0.25) is 0 Å². The minimum Gasteiger partial charge on any atom is -0.341 e. The summed E-state index contributed by atoms with van der Waals surface area (Å²) in [6.45, 7) is 1.86. The highest BCUT2D eigenvalue weighted by Gasteiger charge is 2.20. The smallest absolute Gasteiger partial charge is 0.335 e. The number of urea groups is 2. The van der Waals surface area contributed by atoms with Gasteiger partial charge in [-0.15, -0.1) is 0 Å². The maximum Gasteiger partial charge on any atom is 0.335 e. The first-order chi connectivity index (χ1) is 9.10. The van der Waals surface area contributed by atoms with E-state index in [1.54, 1.807) is 19.2 Å². The van der Waals surface area contributed by atoms with Crippen molar-refractivity contribution in [3.8, 4) is 0 Å². The molecule has 1 aliphatic rings. The molecule has 0 aliphatic carbocycles. The van der Waals surface area contributed by atoms with Crippen molar-refractivity contribution in [2.24, 2.45) is 5.10 Å². The van der Waals surface area contributed by atoms with Crippen molar-refractivity contribution in [3.63, 3.8) is 0 Å². The number of carbonyl (C=O) groups is 2. The van der Waals surface area contributed by atoms with Crippen molar-refractivity contribution in [1.29, 1.82) is 0 Å². The van der Waals surface area contributed by atoms with E-state index in [0.29, 0.717) is 5.69 Å². The number of hydrogen-bond donors (Lipinski definition) is 4. The van der Waals surface area contributed by atoms with Crippen LogP contribution in [0.3, 0.4) is 0 Å². The number of amides is 4. The van der Waals surface area contributed by atoms with Crippen LogP contribution in [0.15, 0.2) is 29.4 Å². The predicted octanol–water partition coefficient (Wildman–Crippen LogP) is 0.843. The summed E-state index contributed by atoms with van der Waals surface area (Å²) < 4.78 is 0. The average molecular weight is 261 g/mol. The van der Waals surface area contributed by atoms with E-state index in [2.05, 4.69) is 26.5 Å². The largest absolute Gasteiger partial charge is 0.341 e. The molecule has 0 radical (unpaired) electrons. The van der Waals surface area contributed by atoms with Crippen molar-refractivity contribution in [1.82, 2.24) is 16.1 Å². The Morgan fingerprint density at radius 2 is 2.00 bits per heavy atom. The third-order valence-electron chi connectivity index (χ3n) is 2.70. The molecule has 0 fully saturated rings. The second-order valence-electron chi connectivity index (χ2n) is 4.09. The fourth-order valence-corrected chi connectivity index (χ4v) is 1.74. The van der Waals surface area contributed by atoms with Gasteiger partial charge in [0.25, 0.3) is 0 Å². The SMILES string of the molecule is CNC(=O)Nc1ccc(C2=NNC(=O)NC2C)cc1. The number of hydrazone groups is 1. The molecule has 7 heteroatoms. The summed E-state index contributed by atoms with van der Waals surface area (Å²) in [6, 6.07) is 6.47. The van der Waals surface area contributed by atoms with Gasteiger partial charge in [-0.25, -0.2) is 15.0 Å². The first kappa shape index (κ1) is 12.9. The van der Waals surface area contributed by atoms with Crippen LogP contribution < -0.4 is 21.4 Å². The zero-order valence-electron chi connectivity index (χ0n) is 10.7. The van der Waals surface area contributed by atoms with Crippen LogP contribution in [0.4, 0.5) is 15.3 Å². The third kappa shape index (κ3) is 3.01. The van der Waals surface area contributed by atoms with Crippen LogP contribution in [0, 0.1) is 0 Å². The summed E-state index contributed by atoms with van der Waals surface area (Å²) in [4.78, 5) is 22.2. The molecule has 0 aromatic heterocycles. The second kappa shape index (κ2) is 5.38. The van der Waals surface area contributed by atoms with Crippen molar-refractivity contribution in [3.05, 3.63) is 29.8 Å². The number of nitrogens with one attached hydrogen (secondary N) is 4. The van der Waals surface area contributed by atoms with Crippen LogP contribution in [-0.2, 0) is 0 Å². The average Bonchev–Trinajstić information content (AvgIpc) is 2.40. The Morgan fingerprint density at radius 3 is 2.58 bits per heavy atom. The molecule has 19 heavy (non-hydrogen) atoms. The molecule has 0 bridgehead atoms. The Hall–Kier alpha value is -2.57. The quantitative estimate of drug-likeness (QED) is 0.635. The number of nitrogens with zero attached hydrogens (tertiary/aromatic N) is 1. The number of carbonyl (C=O) groups excluding carboxylic acids is 2. The van der Waals surface area contributed by atoms with Gasteiger partial charge in [0.05, 0.1) is 11.8 Å². The highest BCUT2D eigenvalue weighted by molar-refractivity contribution is 6.07. The molecule has 1 aromatic carbocycles. The molecule has 100 valence electrons. The van der Waals surface area contributed by atoms with E-state index in [1.165, 1.54) is 0 Å². The van der Waals surface area contributed by atoms with Gasteiger partial charge < -0.3 is 16.0 Å². The van der Waals surface area contributed by atoms with Gasteiger partial charge in [-0.2, -0.15) is 5.10 Å². The Kier molecular flexibility index (Phi) is 3.65. The number of anilines is 1. The topological polar surface area (TPSA) is 94.6 Å². The zero-order valence-corrected chi connectivity index (χ0v) is 10.7. The molecular formula is C12H15N5O2. The molecule has 1 unspecified atom stereocenters. The Balaban J connectivity index is 2.14. The summed E-state index contributed by atoms with van der Waals surface area (Å²) in [6.07, 6.45) is 0. The molecule has 0 spiro atoms. The van der Waals surface area contributed by atoms with E-state index in [1.807, 2.05) is 19.1 Å². The molecule has 7 nitrogen and oxygen atoms in total. The lowest BCUT2D eigenvalue weighted by Crippen LogP contribution is -2.48. The third-order valence-corrected chi connectivity index (χ3v) is 2.70. The van der Waals surface area contributed by atoms with Gasteiger partial charge in [-0.05, 0) is 19.1 Å². The van der Waals surface area contributed by atoms with Gasteiger partial charge >= 0.3 is 12.1 Å². The predicted molar refractivity (Wildman–Crippen MR) is 72.2 cm³/mol. The van der Waals surface area contributed by atoms with E-state index in [-0.39, 0.29) is 18.1 Å². The van der Waals surface area contributed by atoms with Crippen molar-refractivity contribution >= 4 is 23.5 Å². The molecule has 0 saturated heterocycles. The van der Waals surface area contributed by atoms with Gasteiger partial charge in [0.2, 0.25) is 0 Å². The van der Waals surface area contributed by atoms with E-state index < -0.39 is 0 Å². The van der Waals surface area contributed by atoms with E-state index in [4.69, 9.17) is 0 Å². The van der Waals surface area contributed by atoms with Gasteiger partial charge in [0.15, 0.2) is 0 Å². The number of hydrogen-bond acceptors (Lipinski definition) is 3. The summed E-state index contributed by atoms with van der Waals surface area (Å²) in [5.74, 6) is 0. The molecule has 1 heterocycles. The fraction of sp³-hybridized carbons (Fsp3) is 0.250. The highest BCUT2D eigenvalue weighted by Crippen LogP contribution is 2.12. The van der Waals surface area contributed by atoms with E-state index in [9.17, 15) is 9.59 Å². The monoisotopic (exact) mass is 261 g/mol. The highest BCUT2D eigenvalue weighted by atomic mass is 16.2. The van der Waals surface area contributed by atoms with Gasteiger partial charge in [-0.3, -0.25) is 0 Å². The lowest BCUT2D eigenvalue weighted by Gasteiger charge is -2.21. The number of benzene rings is 1. The van der Waals surface area contributed by atoms with Gasteiger partial charge in [0.1, 0.15) is 0 Å². The maximum atomic E-state index is 11.2. The molecule has 1 atom stereocenters. The number of rotatable bonds is 2. The summed E-state index contributed by atoms with van der Waals surface area (Å²) >= 11 is 0. The Bertz CT molecular complexity index is 523. The van der Waals surface area contributed by atoms with Crippen molar-refractivity contribution < 1.29 is 9.59 Å². The maximum absolute atomic E-state index is 11.2. The lowest BCUT2D eigenvalue weighted by molar-refractivity contribution is 0.238. The van der Waals surface area contributed by atoms with E-state index in [0.717, 1.165) is 11.3 Å². The van der Waals surface area contributed by atoms with E-state index >= 15 is 0 Å². The van der Waals surface area contributed by atoms with Gasteiger partial charge in [-0.1, -0.05) is 12.1 Å². The van der Waals surface area contributed by atoms with Crippen molar-refractivity contribution in [2.75, 3.05) is 12.4 Å². The van der Waals surface area contributed by atoms with Crippen LogP contribution in [0.5, 0.6) is 0 Å². The van der Waals surface area contributed by atoms with Crippen LogP contribution in [0.25, 0.3) is 0 Å². The molecule has 0 saturated carbocycles.